The molecule has 0 saturated heterocycles. The van der Waals surface area contributed by atoms with Crippen molar-refractivity contribution in [2.24, 2.45) is 0 Å². The SMILES string of the molecule is CC1(C)c2cc(-c3ccc(-c4ccc5c(c4)-c4cccc6c(-c7ccccc7)ccc(c46)O5)c4ccccc34)ccc2-c2c1ccc1ccccc21. The van der Waals surface area contributed by atoms with E-state index < -0.39 is 0 Å². The summed E-state index contributed by atoms with van der Waals surface area (Å²) in [5.41, 5.74) is 15.1. The molecule has 0 bridgehead atoms. The normalized spacial score (nSPS) is 13.5. The second-order valence-electron chi connectivity index (χ2n) is 14.8. The largest absolute Gasteiger partial charge is 0.456 e. The molecular weight excluding hydrogens is 629 g/mol. The third kappa shape index (κ3) is 4.11. The van der Waals surface area contributed by atoms with Gasteiger partial charge in [0.25, 0.3) is 0 Å². The molecule has 0 unspecified atom stereocenters. The molecule has 244 valence electrons. The first-order valence-corrected chi connectivity index (χ1v) is 18.2. The summed E-state index contributed by atoms with van der Waals surface area (Å²) in [6, 6.07) is 62.3. The van der Waals surface area contributed by atoms with Gasteiger partial charge in [0.2, 0.25) is 0 Å². The van der Waals surface area contributed by atoms with Gasteiger partial charge in [-0.3, -0.25) is 0 Å². The van der Waals surface area contributed by atoms with Crippen LogP contribution in [0.5, 0.6) is 11.5 Å². The Kier molecular flexibility index (Phi) is 6.08. The highest BCUT2D eigenvalue weighted by atomic mass is 16.5. The van der Waals surface area contributed by atoms with Crippen LogP contribution in [-0.4, -0.2) is 0 Å². The second-order valence-corrected chi connectivity index (χ2v) is 14.8. The smallest absolute Gasteiger partial charge is 0.135 e. The first-order valence-electron chi connectivity index (χ1n) is 18.2. The Hall–Kier alpha value is -6.44. The lowest BCUT2D eigenvalue weighted by Gasteiger charge is -2.23. The molecule has 2 aliphatic rings. The third-order valence-electron chi connectivity index (χ3n) is 11.7. The lowest BCUT2D eigenvalue weighted by molar-refractivity contribution is 0.487. The number of hydrogen-bond acceptors (Lipinski definition) is 1. The van der Waals surface area contributed by atoms with Crippen molar-refractivity contribution in [1.29, 1.82) is 0 Å². The van der Waals surface area contributed by atoms with Gasteiger partial charge in [0.15, 0.2) is 0 Å². The van der Waals surface area contributed by atoms with Crippen molar-refractivity contribution in [2.75, 3.05) is 0 Å². The van der Waals surface area contributed by atoms with Crippen molar-refractivity contribution in [3.8, 4) is 67.1 Å². The average Bonchev–Trinajstić information content (AvgIpc) is 3.43. The Morgan fingerprint density at radius 3 is 1.79 bits per heavy atom. The lowest BCUT2D eigenvalue weighted by atomic mass is 9.81. The van der Waals surface area contributed by atoms with E-state index in [-0.39, 0.29) is 5.41 Å². The quantitative estimate of drug-likeness (QED) is 0.183. The molecule has 9 aromatic carbocycles. The minimum Gasteiger partial charge on any atom is -0.456 e. The molecule has 52 heavy (non-hydrogen) atoms. The standard InChI is InChI=1S/C51H34O/c1-51(2)45-26-20-32-13-6-7-14-38(32)49(45)43-22-19-34(30-46(43)51)37-24-23-36(39-15-8-9-16-40(37)39)33-21-27-47-44(29-33)42-18-10-17-41-35(31-11-4-3-5-12-31)25-28-48(52-47)50(41)42/h3-30H,1-2H3. The van der Waals surface area contributed by atoms with Gasteiger partial charge in [-0.1, -0.05) is 159 Å². The third-order valence-corrected chi connectivity index (χ3v) is 11.7. The molecule has 1 nitrogen and oxygen atoms in total. The first kappa shape index (κ1) is 29.3. The number of benzene rings is 9. The topological polar surface area (TPSA) is 9.23 Å². The summed E-state index contributed by atoms with van der Waals surface area (Å²) in [6.07, 6.45) is 0. The van der Waals surface area contributed by atoms with E-state index >= 15 is 0 Å². The van der Waals surface area contributed by atoms with Gasteiger partial charge in [0, 0.05) is 16.4 Å². The maximum absolute atomic E-state index is 6.60. The van der Waals surface area contributed by atoms with Crippen LogP contribution in [0.1, 0.15) is 25.0 Å². The summed E-state index contributed by atoms with van der Waals surface area (Å²) in [7, 11) is 0. The monoisotopic (exact) mass is 662 g/mol. The molecule has 0 aromatic heterocycles. The van der Waals surface area contributed by atoms with Gasteiger partial charge in [0.05, 0.1) is 0 Å². The summed E-state index contributed by atoms with van der Waals surface area (Å²) < 4.78 is 6.60. The van der Waals surface area contributed by atoms with E-state index in [4.69, 9.17) is 4.74 Å². The van der Waals surface area contributed by atoms with Crippen LogP contribution in [0, 0.1) is 0 Å². The van der Waals surface area contributed by atoms with E-state index in [0.29, 0.717) is 0 Å². The van der Waals surface area contributed by atoms with E-state index in [1.807, 2.05) is 0 Å². The van der Waals surface area contributed by atoms with Crippen LogP contribution in [0.3, 0.4) is 0 Å². The number of fused-ring (bicyclic) bond motifs is 8. The van der Waals surface area contributed by atoms with Crippen molar-refractivity contribution in [3.63, 3.8) is 0 Å². The fourth-order valence-electron chi connectivity index (χ4n) is 9.15. The Morgan fingerprint density at radius 1 is 0.365 bits per heavy atom. The summed E-state index contributed by atoms with van der Waals surface area (Å²) >= 11 is 0. The fourth-order valence-corrected chi connectivity index (χ4v) is 9.15. The summed E-state index contributed by atoms with van der Waals surface area (Å²) in [5, 5.41) is 7.51. The maximum atomic E-state index is 6.60. The highest BCUT2D eigenvalue weighted by Gasteiger charge is 2.36. The molecule has 0 spiro atoms. The molecule has 0 N–H and O–H groups in total. The zero-order valence-electron chi connectivity index (χ0n) is 29.1. The summed E-state index contributed by atoms with van der Waals surface area (Å²) in [5.74, 6) is 1.81. The highest BCUT2D eigenvalue weighted by molar-refractivity contribution is 6.11. The molecular formula is C51H34O. The first-order chi connectivity index (χ1) is 25.5. The van der Waals surface area contributed by atoms with Crippen molar-refractivity contribution in [3.05, 3.63) is 181 Å². The van der Waals surface area contributed by atoms with Gasteiger partial charge in [-0.25, -0.2) is 0 Å². The predicted molar refractivity (Wildman–Crippen MR) is 218 cm³/mol. The molecule has 1 heteroatoms. The van der Waals surface area contributed by atoms with E-state index in [0.717, 1.165) is 17.1 Å². The van der Waals surface area contributed by atoms with Crippen LogP contribution in [0.2, 0.25) is 0 Å². The van der Waals surface area contributed by atoms with Gasteiger partial charge >= 0.3 is 0 Å². The molecule has 9 aromatic rings. The van der Waals surface area contributed by atoms with Gasteiger partial charge < -0.3 is 4.74 Å². The molecule has 0 saturated carbocycles. The van der Waals surface area contributed by atoms with Crippen LogP contribution in [0.25, 0.3) is 88.0 Å². The van der Waals surface area contributed by atoms with Crippen LogP contribution < -0.4 is 4.74 Å². The van der Waals surface area contributed by atoms with Gasteiger partial charge in [-0.2, -0.15) is 0 Å². The number of hydrogen-bond donors (Lipinski definition) is 0. The van der Waals surface area contributed by atoms with Gasteiger partial charge in [-0.05, 0) is 112 Å². The molecule has 11 rings (SSSR count). The van der Waals surface area contributed by atoms with E-state index in [1.54, 1.807) is 0 Å². The minimum atomic E-state index is -0.0883. The molecule has 0 atom stereocenters. The van der Waals surface area contributed by atoms with Crippen LogP contribution in [-0.2, 0) is 5.41 Å². The Bertz CT molecular complexity index is 2950. The zero-order valence-corrected chi connectivity index (χ0v) is 29.1. The number of rotatable bonds is 3. The Morgan fingerprint density at radius 2 is 0.981 bits per heavy atom. The Labute approximate surface area is 303 Å². The molecule has 1 aliphatic heterocycles. The predicted octanol–water partition coefficient (Wildman–Crippen LogP) is 14.2. The number of ether oxygens (including phenoxy) is 1. The fraction of sp³-hybridized carbons (Fsp3) is 0.0588. The molecule has 0 amide bonds. The molecule has 0 fully saturated rings. The van der Waals surface area contributed by atoms with E-state index in [9.17, 15) is 0 Å². The Balaban J connectivity index is 1.04. The average molecular weight is 663 g/mol. The van der Waals surface area contributed by atoms with Crippen molar-refractivity contribution in [1.82, 2.24) is 0 Å². The summed E-state index contributed by atoms with van der Waals surface area (Å²) in [4.78, 5) is 0. The lowest BCUT2D eigenvalue weighted by Crippen LogP contribution is -2.15. The van der Waals surface area contributed by atoms with Crippen molar-refractivity contribution >= 4 is 32.3 Å². The molecule has 1 aliphatic carbocycles. The molecule has 0 radical (unpaired) electrons. The van der Waals surface area contributed by atoms with Gasteiger partial charge in [-0.15, -0.1) is 0 Å². The minimum absolute atomic E-state index is 0.0883. The van der Waals surface area contributed by atoms with Crippen molar-refractivity contribution in [2.45, 2.75) is 19.3 Å². The van der Waals surface area contributed by atoms with Crippen molar-refractivity contribution < 1.29 is 4.74 Å². The maximum Gasteiger partial charge on any atom is 0.135 e. The van der Waals surface area contributed by atoms with Crippen LogP contribution in [0.4, 0.5) is 0 Å². The summed E-state index contributed by atoms with van der Waals surface area (Å²) in [6.45, 7) is 4.75. The van der Waals surface area contributed by atoms with Gasteiger partial charge in [0.1, 0.15) is 11.5 Å². The highest BCUT2D eigenvalue weighted by Crippen LogP contribution is 2.53. The van der Waals surface area contributed by atoms with E-state index in [2.05, 4.69) is 184 Å². The zero-order chi connectivity index (χ0) is 34.6. The van der Waals surface area contributed by atoms with Crippen LogP contribution >= 0.6 is 0 Å². The van der Waals surface area contributed by atoms with E-state index in [1.165, 1.54) is 93.5 Å². The van der Waals surface area contributed by atoms with Crippen LogP contribution in [0.15, 0.2) is 170 Å². The molecule has 1 heterocycles. The second kappa shape index (κ2) is 10.8.